The standard InChI is InChI=1S/C30H46O5/c1-18-19(31)7-8-20-26(18,4)10-9-21-27(20,5)12-16-30(24(34)35)22-17-25(2,3)11-14-29(22,23(32)33)15-13-28(21,30)6/h18,20-22H,7-17H2,1-6H3,(H,32,33)(H,34,35)/t18-,20+,21-,22+,26+,27-,28+,29-,30-/m0/s1. The van der Waals surface area contributed by atoms with Crippen LogP contribution in [0, 0.1) is 56.2 Å². The molecule has 2 N–H and O–H groups in total. The minimum atomic E-state index is -1.00. The highest BCUT2D eigenvalue weighted by Crippen LogP contribution is 2.78. The second-order valence-corrected chi connectivity index (χ2v) is 15.0. The zero-order valence-electron chi connectivity index (χ0n) is 22.7. The van der Waals surface area contributed by atoms with E-state index in [-0.39, 0.29) is 34.0 Å². The van der Waals surface area contributed by atoms with E-state index in [2.05, 4.69) is 41.5 Å². The molecule has 0 unspecified atom stereocenters. The van der Waals surface area contributed by atoms with Crippen molar-refractivity contribution in [3.8, 4) is 0 Å². The van der Waals surface area contributed by atoms with Crippen LogP contribution in [-0.2, 0) is 14.4 Å². The molecule has 0 aromatic heterocycles. The molecule has 0 aliphatic heterocycles. The molecule has 5 fully saturated rings. The number of carboxylic acid groups (broad SMARTS) is 2. The number of aliphatic carboxylic acids is 2. The largest absolute Gasteiger partial charge is 0.481 e. The first-order valence-corrected chi connectivity index (χ1v) is 14.1. The summed E-state index contributed by atoms with van der Waals surface area (Å²) < 4.78 is 0. The average Bonchev–Trinajstić information content (AvgIpc) is 2.76. The van der Waals surface area contributed by atoms with E-state index in [4.69, 9.17) is 0 Å². The van der Waals surface area contributed by atoms with Crippen LogP contribution in [0.25, 0.3) is 0 Å². The van der Waals surface area contributed by atoms with E-state index in [1.54, 1.807) is 0 Å². The van der Waals surface area contributed by atoms with Crippen LogP contribution >= 0.6 is 0 Å². The summed E-state index contributed by atoms with van der Waals surface area (Å²) in [5.41, 5.74) is -2.44. The molecule has 0 spiro atoms. The van der Waals surface area contributed by atoms with Crippen LogP contribution in [0.2, 0.25) is 0 Å². The summed E-state index contributed by atoms with van der Waals surface area (Å²) in [5.74, 6) is -0.754. The summed E-state index contributed by atoms with van der Waals surface area (Å²) in [6, 6.07) is 0. The quantitative estimate of drug-likeness (QED) is 0.459. The van der Waals surface area contributed by atoms with E-state index >= 15 is 0 Å². The molecule has 0 bridgehead atoms. The number of carbonyl (C=O) groups is 3. The maximum atomic E-state index is 13.5. The number of ketones is 1. The van der Waals surface area contributed by atoms with Crippen molar-refractivity contribution in [3.63, 3.8) is 0 Å². The average molecular weight is 487 g/mol. The molecule has 9 atom stereocenters. The van der Waals surface area contributed by atoms with Crippen LogP contribution in [-0.4, -0.2) is 27.9 Å². The number of hydrogen-bond donors (Lipinski definition) is 2. The van der Waals surface area contributed by atoms with Crippen LogP contribution in [0.1, 0.15) is 112 Å². The molecule has 0 aromatic rings. The van der Waals surface area contributed by atoms with Gasteiger partial charge in [0.15, 0.2) is 0 Å². The first-order chi connectivity index (χ1) is 16.1. The number of Topliss-reactive ketones (excluding diaryl/α,β-unsaturated/α-hetero) is 1. The summed E-state index contributed by atoms with van der Waals surface area (Å²) in [7, 11) is 0. The van der Waals surface area contributed by atoms with Crippen molar-refractivity contribution < 1.29 is 24.6 Å². The zero-order valence-corrected chi connectivity index (χ0v) is 22.7. The normalized spacial score (nSPS) is 52.9. The van der Waals surface area contributed by atoms with Gasteiger partial charge in [0.2, 0.25) is 0 Å². The summed E-state index contributed by atoms with van der Waals surface area (Å²) in [4.78, 5) is 39.1. The fourth-order valence-corrected chi connectivity index (χ4v) is 11.3. The van der Waals surface area contributed by atoms with Gasteiger partial charge in [-0.2, -0.15) is 0 Å². The van der Waals surface area contributed by atoms with E-state index in [0.29, 0.717) is 50.2 Å². The lowest BCUT2D eigenvalue weighted by Crippen LogP contribution is -2.71. The Morgan fingerprint density at radius 2 is 1.40 bits per heavy atom. The van der Waals surface area contributed by atoms with Gasteiger partial charge in [0.1, 0.15) is 5.78 Å². The minimum absolute atomic E-state index is 0.0108. The SMILES string of the molecule is C[C@H]1C(=O)CC[C@@H]2[C@]1(C)CC[C@H]1[C@@]2(C)CC[C@@]2(C(=O)O)[C@@H]3CC(C)(C)CC[C@]3(C(=O)O)CC[C@]12C. The lowest BCUT2D eigenvalue weighted by Gasteiger charge is -2.73. The third-order valence-electron chi connectivity index (χ3n) is 13.5. The Bertz CT molecular complexity index is 970. The molecule has 196 valence electrons. The van der Waals surface area contributed by atoms with Crippen molar-refractivity contribution in [3.05, 3.63) is 0 Å². The molecule has 0 heterocycles. The topological polar surface area (TPSA) is 91.7 Å². The molecular formula is C30H46O5. The van der Waals surface area contributed by atoms with Gasteiger partial charge in [-0.1, -0.05) is 41.5 Å². The van der Waals surface area contributed by atoms with Crippen molar-refractivity contribution in [2.24, 2.45) is 56.2 Å². The highest BCUT2D eigenvalue weighted by atomic mass is 16.4. The second kappa shape index (κ2) is 7.34. The first kappa shape index (κ1) is 25.3. The van der Waals surface area contributed by atoms with Crippen molar-refractivity contribution in [1.82, 2.24) is 0 Å². The van der Waals surface area contributed by atoms with Gasteiger partial charge in [-0.3, -0.25) is 14.4 Å². The summed E-state index contributed by atoms with van der Waals surface area (Å²) in [6.45, 7) is 13.5. The first-order valence-electron chi connectivity index (χ1n) is 14.1. The van der Waals surface area contributed by atoms with E-state index < -0.39 is 28.2 Å². The minimum Gasteiger partial charge on any atom is -0.481 e. The molecular weight excluding hydrogens is 440 g/mol. The Hall–Kier alpha value is -1.39. The molecule has 5 rings (SSSR count). The molecule has 5 nitrogen and oxygen atoms in total. The van der Waals surface area contributed by atoms with Crippen LogP contribution < -0.4 is 0 Å². The molecule has 5 aliphatic carbocycles. The summed E-state index contributed by atoms with van der Waals surface area (Å²) >= 11 is 0. The third kappa shape index (κ3) is 2.90. The Kier molecular flexibility index (Phi) is 5.30. The van der Waals surface area contributed by atoms with E-state index in [9.17, 15) is 24.6 Å². The lowest BCUT2D eigenvalue weighted by molar-refractivity contribution is -0.263. The van der Waals surface area contributed by atoms with Gasteiger partial charge in [0, 0.05) is 12.3 Å². The van der Waals surface area contributed by atoms with Crippen LogP contribution in [0.15, 0.2) is 0 Å². The smallest absolute Gasteiger partial charge is 0.310 e. The Morgan fingerprint density at radius 1 is 0.743 bits per heavy atom. The molecule has 0 amide bonds. The van der Waals surface area contributed by atoms with E-state index in [0.717, 1.165) is 32.1 Å². The molecule has 5 aliphatic rings. The number of hydrogen-bond acceptors (Lipinski definition) is 3. The van der Waals surface area contributed by atoms with Crippen LogP contribution in [0.4, 0.5) is 0 Å². The second-order valence-electron chi connectivity index (χ2n) is 15.0. The Morgan fingerprint density at radius 3 is 2.03 bits per heavy atom. The van der Waals surface area contributed by atoms with Crippen LogP contribution in [0.3, 0.4) is 0 Å². The monoisotopic (exact) mass is 486 g/mol. The lowest BCUT2D eigenvalue weighted by atomic mass is 9.29. The van der Waals surface area contributed by atoms with Gasteiger partial charge in [0.05, 0.1) is 10.8 Å². The fraction of sp³-hybridized carbons (Fsp3) is 0.900. The van der Waals surface area contributed by atoms with Gasteiger partial charge in [-0.05, 0) is 104 Å². The van der Waals surface area contributed by atoms with E-state index in [1.807, 2.05) is 0 Å². The predicted molar refractivity (Wildman–Crippen MR) is 134 cm³/mol. The molecule has 0 aromatic carbocycles. The summed E-state index contributed by atoms with van der Waals surface area (Å²) in [6.07, 6.45) is 8.25. The van der Waals surface area contributed by atoms with Gasteiger partial charge < -0.3 is 10.2 Å². The third-order valence-corrected chi connectivity index (χ3v) is 13.5. The molecule has 0 saturated heterocycles. The van der Waals surface area contributed by atoms with Gasteiger partial charge in [0.25, 0.3) is 0 Å². The van der Waals surface area contributed by atoms with Crippen LogP contribution in [0.5, 0.6) is 0 Å². The van der Waals surface area contributed by atoms with E-state index in [1.165, 1.54) is 0 Å². The number of rotatable bonds is 2. The molecule has 5 heteroatoms. The van der Waals surface area contributed by atoms with Crippen molar-refractivity contribution in [2.45, 2.75) is 112 Å². The molecule has 5 saturated carbocycles. The highest BCUT2D eigenvalue weighted by molar-refractivity contribution is 5.83. The van der Waals surface area contributed by atoms with Gasteiger partial charge in [-0.25, -0.2) is 0 Å². The maximum Gasteiger partial charge on any atom is 0.310 e. The zero-order chi connectivity index (χ0) is 25.8. The van der Waals surface area contributed by atoms with Crippen molar-refractivity contribution in [1.29, 1.82) is 0 Å². The Labute approximate surface area is 210 Å². The number of fused-ring (bicyclic) bond motifs is 7. The highest BCUT2D eigenvalue weighted by Gasteiger charge is 2.76. The predicted octanol–water partition coefficient (Wildman–Crippen LogP) is 6.59. The number of carbonyl (C=O) groups excluding carboxylic acids is 1. The Balaban J connectivity index is 1.64. The van der Waals surface area contributed by atoms with Crippen molar-refractivity contribution >= 4 is 17.7 Å². The fourth-order valence-electron chi connectivity index (χ4n) is 11.3. The number of carboxylic acids is 2. The maximum absolute atomic E-state index is 13.5. The molecule has 0 radical (unpaired) electrons. The molecule has 35 heavy (non-hydrogen) atoms. The van der Waals surface area contributed by atoms with Gasteiger partial charge >= 0.3 is 11.9 Å². The van der Waals surface area contributed by atoms with Crippen molar-refractivity contribution in [2.75, 3.05) is 0 Å². The van der Waals surface area contributed by atoms with Gasteiger partial charge in [-0.15, -0.1) is 0 Å². The summed E-state index contributed by atoms with van der Waals surface area (Å²) in [5, 5.41) is 21.7.